The van der Waals surface area contributed by atoms with Gasteiger partial charge in [-0.1, -0.05) is 6.92 Å². The van der Waals surface area contributed by atoms with Gasteiger partial charge in [0.15, 0.2) is 0 Å². The van der Waals surface area contributed by atoms with Gasteiger partial charge in [-0.3, -0.25) is 4.79 Å². The van der Waals surface area contributed by atoms with Gasteiger partial charge in [-0.15, -0.1) is 0 Å². The van der Waals surface area contributed by atoms with Crippen LogP contribution in [0.2, 0.25) is 0 Å². The maximum atomic E-state index is 12.7. The number of benzene rings is 1. The minimum atomic E-state index is -0.297. The maximum Gasteiger partial charge on any atom is 0.229 e. The normalized spacial score (nSPS) is 24.4. The second-order valence-electron chi connectivity index (χ2n) is 4.24. The molecule has 86 valence electrons. The lowest BCUT2D eigenvalue weighted by molar-refractivity contribution is -0.120. The summed E-state index contributed by atoms with van der Waals surface area (Å²) in [6.07, 6.45) is 0. The Morgan fingerprint density at radius 2 is 2.06 bits per heavy atom. The molecule has 0 radical (unpaired) electrons. The molecule has 1 aliphatic heterocycles. The zero-order valence-electron chi connectivity index (χ0n) is 9.16. The van der Waals surface area contributed by atoms with Crippen LogP contribution in [0.5, 0.6) is 0 Å². The first-order chi connectivity index (χ1) is 7.66. The zero-order chi connectivity index (χ0) is 11.5. The Morgan fingerprint density at radius 3 is 2.62 bits per heavy atom. The fourth-order valence-electron chi connectivity index (χ4n) is 1.93. The molecule has 1 aromatic rings. The molecule has 1 amide bonds. The summed E-state index contributed by atoms with van der Waals surface area (Å²) in [5, 5.41) is 5.97. The van der Waals surface area contributed by atoms with E-state index < -0.39 is 0 Å². The van der Waals surface area contributed by atoms with E-state index in [0.717, 1.165) is 6.54 Å². The summed E-state index contributed by atoms with van der Waals surface area (Å²) in [6, 6.07) is 5.82. The Kier molecular flexibility index (Phi) is 3.19. The smallest absolute Gasteiger partial charge is 0.229 e. The third-order valence-electron chi connectivity index (χ3n) is 2.97. The van der Waals surface area contributed by atoms with E-state index in [1.54, 1.807) is 12.1 Å². The number of amides is 1. The zero-order valence-corrected chi connectivity index (χ0v) is 9.16. The molecule has 16 heavy (non-hydrogen) atoms. The average Bonchev–Trinajstić information content (AvgIpc) is 2.68. The molecule has 0 unspecified atom stereocenters. The van der Waals surface area contributed by atoms with Crippen molar-refractivity contribution in [2.24, 2.45) is 11.8 Å². The van der Waals surface area contributed by atoms with Crippen LogP contribution >= 0.6 is 0 Å². The molecule has 1 aromatic carbocycles. The highest BCUT2D eigenvalue weighted by molar-refractivity contribution is 5.93. The van der Waals surface area contributed by atoms with Crippen LogP contribution in [0.4, 0.5) is 10.1 Å². The molecule has 4 heteroatoms. The summed E-state index contributed by atoms with van der Waals surface area (Å²) in [5.74, 6) is 0.0588. The lowest BCUT2D eigenvalue weighted by Gasteiger charge is -2.14. The van der Waals surface area contributed by atoms with Gasteiger partial charge < -0.3 is 10.6 Å². The van der Waals surface area contributed by atoms with Crippen molar-refractivity contribution >= 4 is 11.6 Å². The number of carbonyl (C=O) groups is 1. The Balaban J connectivity index is 1.99. The highest BCUT2D eigenvalue weighted by Gasteiger charge is 2.29. The molecule has 0 saturated carbocycles. The number of rotatable bonds is 2. The van der Waals surface area contributed by atoms with Gasteiger partial charge in [0.2, 0.25) is 5.91 Å². The molecular weight excluding hydrogens is 207 g/mol. The number of hydrogen-bond donors (Lipinski definition) is 2. The van der Waals surface area contributed by atoms with E-state index in [-0.39, 0.29) is 17.6 Å². The molecular formula is C12H15FN2O. The van der Waals surface area contributed by atoms with E-state index in [1.807, 2.05) is 0 Å². The molecule has 1 heterocycles. The fourth-order valence-corrected chi connectivity index (χ4v) is 1.93. The van der Waals surface area contributed by atoms with Gasteiger partial charge in [0.1, 0.15) is 5.82 Å². The van der Waals surface area contributed by atoms with E-state index >= 15 is 0 Å². The molecule has 2 rings (SSSR count). The molecule has 0 spiro atoms. The predicted molar refractivity (Wildman–Crippen MR) is 60.6 cm³/mol. The molecule has 3 nitrogen and oxygen atoms in total. The van der Waals surface area contributed by atoms with Gasteiger partial charge >= 0.3 is 0 Å². The second-order valence-corrected chi connectivity index (χ2v) is 4.24. The molecule has 0 bridgehead atoms. The van der Waals surface area contributed by atoms with Gasteiger partial charge in [0.05, 0.1) is 5.92 Å². The summed E-state index contributed by atoms with van der Waals surface area (Å²) in [7, 11) is 0. The number of anilines is 1. The van der Waals surface area contributed by atoms with Crippen molar-refractivity contribution in [3.63, 3.8) is 0 Å². The largest absolute Gasteiger partial charge is 0.326 e. The van der Waals surface area contributed by atoms with Crippen molar-refractivity contribution in [1.82, 2.24) is 5.32 Å². The van der Waals surface area contributed by atoms with Crippen LogP contribution in [0.15, 0.2) is 24.3 Å². The first-order valence-electron chi connectivity index (χ1n) is 5.44. The first kappa shape index (κ1) is 11.1. The number of hydrogen-bond acceptors (Lipinski definition) is 2. The minimum Gasteiger partial charge on any atom is -0.326 e. The number of carbonyl (C=O) groups excluding carboxylic acids is 1. The Morgan fingerprint density at radius 1 is 1.38 bits per heavy atom. The van der Waals surface area contributed by atoms with E-state index in [2.05, 4.69) is 17.6 Å². The summed E-state index contributed by atoms with van der Waals surface area (Å²) in [6.45, 7) is 3.64. The van der Waals surface area contributed by atoms with Crippen molar-refractivity contribution in [1.29, 1.82) is 0 Å². The standard InChI is InChI=1S/C12H15FN2O/c1-8-6-14-7-11(8)12(16)15-10-4-2-9(13)3-5-10/h2-5,8,11,14H,6-7H2,1H3,(H,15,16)/t8-,11-/m1/s1. The molecule has 1 saturated heterocycles. The third-order valence-corrected chi connectivity index (χ3v) is 2.97. The highest BCUT2D eigenvalue weighted by Crippen LogP contribution is 2.18. The lowest BCUT2D eigenvalue weighted by atomic mass is 9.97. The highest BCUT2D eigenvalue weighted by atomic mass is 19.1. The molecule has 2 atom stereocenters. The maximum absolute atomic E-state index is 12.7. The van der Waals surface area contributed by atoms with E-state index in [9.17, 15) is 9.18 Å². The molecule has 2 N–H and O–H groups in total. The fraction of sp³-hybridized carbons (Fsp3) is 0.417. The van der Waals surface area contributed by atoms with E-state index in [1.165, 1.54) is 12.1 Å². The molecule has 0 aromatic heterocycles. The van der Waals surface area contributed by atoms with Crippen molar-refractivity contribution < 1.29 is 9.18 Å². The Hall–Kier alpha value is -1.42. The quantitative estimate of drug-likeness (QED) is 0.798. The van der Waals surface area contributed by atoms with Crippen LogP contribution in [0.1, 0.15) is 6.92 Å². The van der Waals surface area contributed by atoms with Crippen molar-refractivity contribution in [2.45, 2.75) is 6.92 Å². The summed E-state index contributed by atoms with van der Waals surface area (Å²) < 4.78 is 12.7. The van der Waals surface area contributed by atoms with Gasteiger partial charge in [-0.25, -0.2) is 4.39 Å². The topological polar surface area (TPSA) is 41.1 Å². The SMILES string of the molecule is C[C@@H]1CNC[C@H]1C(=O)Nc1ccc(F)cc1. The van der Waals surface area contributed by atoms with Crippen molar-refractivity contribution in [3.05, 3.63) is 30.1 Å². The minimum absolute atomic E-state index is 0.00380. The third kappa shape index (κ3) is 2.39. The molecule has 1 aliphatic rings. The lowest BCUT2D eigenvalue weighted by Crippen LogP contribution is -2.27. The second kappa shape index (κ2) is 4.61. The number of halogens is 1. The van der Waals surface area contributed by atoms with Crippen molar-refractivity contribution in [3.8, 4) is 0 Å². The van der Waals surface area contributed by atoms with Crippen LogP contribution in [0.25, 0.3) is 0 Å². The van der Waals surface area contributed by atoms with E-state index in [4.69, 9.17) is 0 Å². The van der Waals surface area contributed by atoms with Crippen LogP contribution in [0, 0.1) is 17.7 Å². The van der Waals surface area contributed by atoms with Crippen LogP contribution < -0.4 is 10.6 Å². The van der Waals surface area contributed by atoms with Gasteiger partial charge in [-0.2, -0.15) is 0 Å². The predicted octanol–water partition coefficient (Wildman–Crippen LogP) is 1.62. The molecule has 0 aliphatic carbocycles. The van der Waals surface area contributed by atoms with Crippen LogP contribution in [0.3, 0.4) is 0 Å². The van der Waals surface area contributed by atoms with Crippen LogP contribution in [-0.2, 0) is 4.79 Å². The average molecular weight is 222 g/mol. The van der Waals surface area contributed by atoms with Gasteiger partial charge in [0.25, 0.3) is 0 Å². The molecule has 1 fully saturated rings. The van der Waals surface area contributed by atoms with Gasteiger partial charge in [0, 0.05) is 12.2 Å². The van der Waals surface area contributed by atoms with Gasteiger partial charge in [-0.05, 0) is 36.7 Å². The summed E-state index contributed by atoms with van der Waals surface area (Å²) in [5.41, 5.74) is 0.644. The van der Waals surface area contributed by atoms with E-state index in [0.29, 0.717) is 18.2 Å². The van der Waals surface area contributed by atoms with Crippen LogP contribution in [-0.4, -0.2) is 19.0 Å². The summed E-state index contributed by atoms with van der Waals surface area (Å²) >= 11 is 0. The van der Waals surface area contributed by atoms with Crippen molar-refractivity contribution in [2.75, 3.05) is 18.4 Å². The monoisotopic (exact) mass is 222 g/mol. The Bertz CT molecular complexity index is 377. The Labute approximate surface area is 94.0 Å². The first-order valence-corrected chi connectivity index (χ1v) is 5.44. The summed E-state index contributed by atoms with van der Waals surface area (Å²) in [4.78, 5) is 11.9. The number of nitrogens with one attached hydrogen (secondary N) is 2.